The molecule has 16 heavy (non-hydrogen) atoms. The second kappa shape index (κ2) is 9.20. The first kappa shape index (κ1) is 14.9. The molecule has 92 valence electrons. The number of carboxylic acid groups (broad SMARTS) is 1. The highest BCUT2D eigenvalue weighted by molar-refractivity contribution is 5.70. The molecule has 0 aromatic rings. The molecule has 0 saturated heterocycles. The summed E-state index contributed by atoms with van der Waals surface area (Å²) in [6.07, 6.45) is 10.5. The standard InChI is InChI=1S/C14H24O2/c1-4-5-6-7-8-9-12(2)10-13(3)11-14(15)16/h9-10H,4-8,11H2,1-3H3,(H,15,16)/b12-9+,13-10+. The zero-order valence-corrected chi connectivity index (χ0v) is 10.8. The lowest BCUT2D eigenvalue weighted by molar-refractivity contribution is -0.136. The fraction of sp³-hybridized carbons (Fsp3) is 0.643. The van der Waals surface area contributed by atoms with Gasteiger partial charge in [-0.1, -0.05) is 49.5 Å². The Bertz CT molecular complexity index is 262. The van der Waals surface area contributed by atoms with Crippen molar-refractivity contribution in [1.29, 1.82) is 0 Å². The fourth-order valence-electron chi connectivity index (χ4n) is 1.64. The van der Waals surface area contributed by atoms with E-state index in [-0.39, 0.29) is 6.42 Å². The van der Waals surface area contributed by atoms with Crippen LogP contribution in [0.3, 0.4) is 0 Å². The van der Waals surface area contributed by atoms with Gasteiger partial charge in [-0.25, -0.2) is 0 Å². The van der Waals surface area contributed by atoms with Crippen molar-refractivity contribution in [2.75, 3.05) is 0 Å². The number of hydrogen-bond acceptors (Lipinski definition) is 1. The zero-order valence-electron chi connectivity index (χ0n) is 10.8. The summed E-state index contributed by atoms with van der Waals surface area (Å²) in [6, 6.07) is 0. The minimum atomic E-state index is -0.760. The number of carbonyl (C=O) groups is 1. The second-order valence-electron chi connectivity index (χ2n) is 4.36. The molecular weight excluding hydrogens is 200 g/mol. The van der Waals surface area contributed by atoms with Crippen LogP contribution in [0.4, 0.5) is 0 Å². The first-order valence-electron chi connectivity index (χ1n) is 6.12. The highest BCUT2D eigenvalue weighted by Gasteiger charge is 1.97. The van der Waals surface area contributed by atoms with Crippen molar-refractivity contribution in [2.45, 2.75) is 59.3 Å². The molecular formula is C14H24O2. The van der Waals surface area contributed by atoms with Crippen molar-refractivity contribution < 1.29 is 9.90 Å². The monoisotopic (exact) mass is 224 g/mol. The lowest BCUT2D eigenvalue weighted by Crippen LogP contribution is -1.94. The van der Waals surface area contributed by atoms with Gasteiger partial charge in [-0.3, -0.25) is 4.79 Å². The van der Waals surface area contributed by atoms with Gasteiger partial charge in [-0.05, 0) is 26.7 Å². The van der Waals surface area contributed by atoms with E-state index >= 15 is 0 Å². The molecule has 0 atom stereocenters. The van der Waals surface area contributed by atoms with Gasteiger partial charge in [0.2, 0.25) is 0 Å². The molecule has 0 aromatic heterocycles. The number of carboxylic acids is 1. The minimum Gasteiger partial charge on any atom is -0.481 e. The molecule has 0 aliphatic carbocycles. The minimum absolute atomic E-state index is 0.140. The predicted molar refractivity (Wildman–Crippen MR) is 68.5 cm³/mol. The summed E-state index contributed by atoms with van der Waals surface area (Å²) in [6.45, 7) is 6.10. The number of allylic oxidation sites excluding steroid dienone is 3. The van der Waals surface area contributed by atoms with Crippen molar-refractivity contribution >= 4 is 5.97 Å². The molecule has 0 unspecified atom stereocenters. The molecule has 0 bridgehead atoms. The van der Waals surface area contributed by atoms with Crippen LogP contribution in [-0.2, 0) is 4.79 Å². The third-order valence-electron chi connectivity index (χ3n) is 2.43. The number of aliphatic carboxylic acids is 1. The van der Waals surface area contributed by atoms with Gasteiger partial charge in [0.15, 0.2) is 0 Å². The largest absolute Gasteiger partial charge is 0.481 e. The molecule has 0 saturated carbocycles. The summed E-state index contributed by atoms with van der Waals surface area (Å²) in [5.74, 6) is -0.760. The summed E-state index contributed by atoms with van der Waals surface area (Å²) in [4.78, 5) is 10.5. The van der Waals surface area contributed by atoms with E-state index in [1.807, 2.05) is 19.9 Å². The van der Waals surface area contributed by atoms with Gasteiger partial charge >= 0.3 is 5.97 Å². The molecule has 2 nitrogen and oxygen atoms in total. The van der Waals surface area contributed by atoms with E-state index in [0.29, 0.717) is 0 Å². The molecule has 0 amide bonds. The Kier molecular flexibility index (Phi) is 8.59. The molecule has 0 aromatic carbocycles. The summed E-state index contributed by atoms with van der Waals surface area (Å²) >= 11 is 0. The maximum Gasteiger partial charge on any atom is 0.307 e. The predicted octanol–water partition coefficient (Wildman–Crippen LogP) is 4.32. The van der Waals surface area contributed by atoms with E-state index in [0.717, 1.165) is 12.0 Å². The maximum atomic E-state index is 10.5. The van der Waals surface area contributed by atoms with Crippen LogP contribution in [0, 0.1) is 0 Å². The average molecular weight is 224 g/mol. The van der Waals surface area contributed by atoms with E-state index in [1.165, 1.54) is 31.3 Å². The SMILES string of the molecule is CCCCCC/C=C(C)/C=C(\C)CC(=O)O. The van der Waals surface area contributed by atoms with Gasteiger partial charge in [0, 0.05) is 0 Å². The molecule has 0 aliphatic heterocycles. The molecule has 0 heterocycles. The van der Waals surface area contributed by atoms with Gasteiger partial charge in [-0.15, -0.1) is 0 Å². The van der Waals surface area contributed by atoms with Gasteiger partial charge < -0.3 is 5.11 Å². The van der Waals surface area contributed by atoms with Crippen LogP contribution in [0.2, 0.25) is 0 Å². The normalized spacial score (nSPS) is 12.9. The Hall–Kier alpha value is -1.05. The van der Waals surface area contributed by atoms with Crippen molar-refractivity contribution in [3.63, 3.8) is 0 Å². The van der Waals surface area contributed by atoms with Crippen molar-refractivity contribution in [2.24, 2.45) is 0 Å². The van der Waals surface area contributed by atoms with Gasteiger partial charge in [0.05, 0.1) is 6.42 Å². The van der Waals surface area contributed by atoms with E-state index in [1.54, 1.807) is 0 Å². The number of hydrogen-bond donors (Lipinski definition) is 1. The maximum absolute atomic E-state index is 10.5. The highest BCUT2D eigenvalue weighted by Crippen LogP contribution is 2.09. The second-order valence-corrected chi connectivity index (χ2v) is 4.36. The van der Waals surface area contributed by atoms with E-state index < -0.39 is 5.97 Å². The third-order valence-corrected chi connectivity index (χ3v) is 2.43. The quantitative estimate of drug-likeness (QED) is 0.492. The topological polar surface area (TPSA) is 37.3 Å². The van der Waals surface area contributed by atoms with Crippen molar-refractivity contribution in [3.05, 3.63) is 23.3 Å². The van der Waals surface area contributed by atoms with E-state index in [9.17, 15) is 4.79 Å². The van der Waals surface area contributed by atoms with Gasteiger partial charge in [0.1, 0.15) is 0 Å². The third kappa shape index (κ3) is 9.50. The van der Waals surface area contributed by atoms with Gasteiger partial charge in [0.25, 0.3) is 0 Å². The lowest BCUT2D eigenvalue weighted by atomic mass is 10.1. The number of rotatable bonds is 8. The Labute approximate surface area is 99.1 Å². The van der Waals surface area contributed by atoms with Crippen LogP contribution >= 0.6 is 0 Å². The summed E-state index contributed by atoms with van der Waals surface area (Å²) in [5.41, 5.74) is 2.09. The first-order chi connectivity index (χ1) is 7.56. The number of unbranched alkanes of at least 4 members (excludes halogenated alkanes) is 4. The Morgan fingerprint density at radius 2 is 1.88 bits per heavy atom. The lowest BCUT2D eigenvalue weighted by Gasteiger charge is -1.99. The molecule has 1 N–H and O–H groups in total. The Balaban J connectivity index is 3.89. The summed E-state index contributed by atoms with van der Waals surface area (Å²) in [7, 11) is 0. The van der Waals surface area contributed by atoms with Crippen LogP contribution in [0.25, 0.3) is 0 Å². The Morgan fingerprint density at radius 1 is 1.19 bits per heavy atom. The molecule has 0 fully saturated rings. The van der Waals surface area contributed by atoms with Crippen LogP contribution < -0.4 is 0 Å². The molecule has 2 heteroatoms. The Morgan fingerprint density at radius 3 is 2.44 bits per heavy atom. The molecule has 0 radical (unpaired) electrons. The van der Waals surface area contributed by atoms with E-state index in [4.69, 9.17) is 5.11 Å². The first-order valence-corrected chi connectivity index (χ1v) is 6.12. The summed E-state index contributed by atoms with van der Waals surface area (Å²) < 4.78 is 0. The molecule has 0 spiro atoms. The molecule has 0 rings (SSSR count). The van der Waals surface area contributed by atoms with E-state index in [2.05, 4.69) is 13.0 Å². The fourth-order valence-corrected chi connectivity index (χ4v) is 1.64. The van der Waals surface area contributed by atoms with Crippen LogP contribution in [-0.4, -0.2) is 11.1 Å². The summed E-state index contributed by atoms with van der Waals surface area (Å²) in [5, 5.41) is 8.61. The van der Waals surface area contributed by atoms with Gasteiger partial charge in [-0.2, -0.15) is 0 Å². The average Bonchev–Trinajstić information content (AvgIpc) is 2.15. The van der Waals surface area contributed by atoms with Crippen LogP contribution in [0.5, 0.6) is 0 Å². The zero-order chi connectivity index (χ0) is 12.4. The van der Waals surface area contributed by atoms with Crippen LogP contribution in [0.1, 0.15) is 59.3 Å². The smallest absolute Gasteiger partial charge is 0.307 e. The van der Waals surface area contributed by atoms with Crippen LogP contribution in [0.15, 0.2) is 23.3 Å². The van der Waals surface area contributed by atoms with Crippen molar-refractivity contribution in [3.8, 4) is 0 Å². The highest BCUT2D eigenvalue weighted by atomic mass is 16.4. The molecule has 0 aliphatic rings. The van der Waals surface area contributed by atoms with Crippen molar-refractivity contribution in [1.82, 2.24) is 0 Å².